The lowest BCUT2D eigenvalue weighted by molar-refractivity contribution is 0.112. The first kappa shape index (κ1) is 22.4. The standard InChI is InChI=1S/C27H36N2O/c1-4-29(5-2)26-15-17-28(18-16-26)21-25-20-24(19-22(3)27(25)30)14-10-9-13-23-11-7-6-8-12-23/h6-8,11-12,19-20,26,30H,4-5,9,13,15-18,21H2,1-3H3. The Labute approximate surface area is 182 Å². The predicted molar refractivity (Wildman–Crippen MR) is 126 cm³/mol. The van der Waals surface area contributed by atoms with Crippen LogP contribution in [0.1, 0.15) is 55.4 Å². The summed E-state index contributed by atoms with van der Waals surface area (Å²) in [4.78, 5) is 5.05. The molecule has 1 fully saturated rings. The molecule has 1 saturated heterocycles. The van der Waals surface area contributed by atoms with Crippen molar-refractivity contribution in [1.82, 2.24) is 9.80 Å². The number of rotatable bonds is 7. The van der Waals surface area contributed by atoms with Gasteiger partial charge in [-0.3, -0.25) is 4.90 Å². The highest BCUT2D eigenvalue weighted by Gasteiger charge is 2.23. The molecule has 0 amide bonds. The average molecular weight is 405 g/mol. The molecule has 3 heteroatoms. The van der Waals surface area contributed by atoms with Gasteiger partial charge in [0.25, 0.3) is 0 Å². The molecule has 30 heavy (non-hydrogen) atoms. The van der Waals surface area contributed by atoms with E-state index in [1.807, 2.05) is 19.1 Å². The molecule has 2 aromatic carbocycles. The van der Waals surface area contributed by atoms with Crippen molar-refractivity contribution in [2.24, 2.45) is 0 Å². The van der Waals surface area contributed by atoms with Crippen LogP contribution >= 0.6 is 0 Å². The summed E-state index contributed by atoms with van der Waals surface area (Å²) in [6, 6.07) is 15.3. The Morgan fingerprint density at radius 2 is 1.77 bits per heavy atom. The number of aryl methyl sites for hydroxylation is 2. The number of nitrogens with zero attached hydrogens (tertiary/aromatic N) is 2. The van der Waals surface area contributed by atoms with Crippen LogP contribution in [0.25, 0.3) is 0 Å². The predicted octanol–water partition coefficient (Wildman–Crippen LogP) is 4.99. The van der Waals surface area contributed by atoms with Gasteiger partial charge in [-0.05, 0) is 75.6 Å². The first-order chi connectivity index (χ1) is 14.6. The first-order valence-electron chi connectivity index (χ1n) is 11.4. The Morgan fingerprint density at radius 1 is 1.07 bits per heavy atom. The Hall–Kier alpha value is -2.28. The molecular formula is C27H36N2O. The van der Waals surface area contributed by atoms with E-state index in [4.69, 9.17) is 0 Å². The highest BCUT2D eigenvalue weighted by molar-refractivity contribution is 5.48. The summed E-state index contributed by atoms with van der Waals surface area (Å²) in [6.07, 6.45) is 4.23. The van der Waals surface area contributed by atoms with Gasteiger partial charge in [-0.2, -0.15) is 0 Å². The van der Waals surface area contributed by atoms with E-state index in [0.29, 0.717) is 11.8 Å². The number of benzene rings is 2. The lowest BCUT2D eigenvalue weighted by Crippen LogP contribution is -2.44. The summed E-state index contributed by atoms with van der Waals surface area (Å²) in [5.41, 5.74) is 4.25. The minimum atomic E-state index is 0.427. The number of phenols is 1. The van der Waals surface area contributed by atoms with Gasteiger partial charge >= 0.3 is 0 Å². The zero-order valence-corrected chi connectivity index (χ0v) is 18.8. The van der Waals surface area contributed by atoms with Crippen molar-refractivity contribution < 1.29 is 5.11 Å². The molecule has 0 bridgehead atoms. The smallest absolute Gasteiger partial charge is 0.123 e. The van der Waals surface area contributed by atoms with Crippen LogP contribution < -0.4 is 0 Å². The molecule has 1 heterocycles. The van der Waals surface area contributed by atoms with Gasteiger partial charge in [-0.15, -0.1) is 0 Å². The summed E-state index contributed by atoms with van der Waals surface area (Å²) >= 11 is 0. The maximum absolute atomic E-state index is 10.6. The lowest BCUT2D eigenvalue weighted by atomic mass is 10.0. The molecule has 160 valence electrons. The van der Waals surface area contributed by atoms with E-state index in [9.17, 15) is 5.11 Å². The molecule has 1 aliphatic heterocycles. The second-order valence-corrected chi connectivity index (χ2v) is 8.32. The third-order valence-corrected chi connectivity index (χ3v) is 6.27. The molecule has 3 rings (SSSR count). The molecule has 0 atom stereocenters. The zero-order valence-electron chi connectivity index (χ0n) is 18.8. The third-order valence-electron chi connectivity index (χ3n) is 6.27. The number of hydrogen-bond donors (Lipinski definition) is 1. The van der Waals surface area contributed by atoms with E-state index >= 15 is 0 Å². The Balaban J connectivity index is 1.60. The summed E-state index contributed by atoms with van der Waals surface area (Å²) in [5, 5.41) is 10.6. The molecule has 0 unspecified atom stereocenters. The number of aromatic hydroxyl groups is 1. The van der Waals surface area contributed by atoms with Gasteiger partial charge in [-0.1, -0.05) is 56.0 Å². The Morgan fingerprint density at radius 3 is 2.43 bits per heavy atom. The van der Waals surface area contributed by atoms with E-state index in [-0.39, 0.29) is 0 Å². The topological polar surface area (TPSA) is 26.7 Å². The van der Waals surface area contributed by atoms with Crippen molar-refractivity contribution in [2.45, 2.75) is 59.0 Å². The lowest BCUT2D eigenvalue weighted by Gasteiger charge is -2.37. The van der Waals surface area contributed by atoms with Crippen molar-refractivity contribution >= 4 is 0 Å². The van der Waals surface area contributed by atoms with E-state index < -0.39 is 0 Å². The van der Waals surface area contributed by atoms with Crippen LogP contribution in [-0.4, -0.2) is 47.1 Å². The van der Waals surface area contributed by atoms with Crippen molar-refractivity contribution in [1.29, 1.82) is 0 Å². The molecule has 2 aromatic rings. The maximum atomic E-state index is 10.6. The highest BCUT2D eigenvalue weighted by Crippen LogP contribution is 2.27. The fourth-order valence-electron chi connectivity index (χ4n) is 4.48. The van der Waals surface area contributed by atoms with Crippen LogP contribution in [0, 0.1) is 18.8 Å². The number of piperidine rings is 1. The fraction of sp³-hybridized carbons (Fsp3) is 0.481. The van der Waals surface area contributed by atoms with Crippen molar-refractivity contribution in [3.05, 3.63) is 64.7 Å². The molecule has 0 radical (unpaired) electrons. The second-order valence-electron chi connectivity index (χ2n) is 8.32. The van der Waals surface area contributed by atoms with Crippen molar-refractivity contribution in [3.63, 3.8) is 0 Å². The van der Waals surface area contributed by atoms with E-state index in [1.165, 1.54) is 18.4 Å². The van der Waals surface area contributed by atoms with Crippen LogP contribution in [-0.2, 0) is 13.0 Å². The maximum Gasteiger partial charge on any atom is 0.123 e. The number of likely N-dealkylation sites (tertiary alicyclic amines) is 1. The molecular weight excluding hydrogens is 368 g/mol. The minimum absolute atomic E-state index is 0.427. The van der Waals surface area contributed by atoms with Gasteiger partial charge in [0, 0.05) is 30.1 Å². The van der Waals surface area contributed by atoms with Crippen molar-refractivity contribution in [2.75, 3.05) is 26.2 Å². The van der Waals surface area contributed by atoms with Gasteiger partial charge in [0.2, 0.25) is 0 Å². The van der Waals surface area contributed by atoms with E-state index in [0.717, 1.165) is 62.3 Å². The van der Waals surface area contributed by atoms with Crippen LogP contribution in [0.4, 0.5) is 0 Å². The van der Waals surface area contributed by atoms with Crippen LogP contribution in [0.5, 0.6) is 5.75 Å². The average Bonchev–Trinajstić information content (AvgIpc) is 2.77. The first-order valence-corrected chi connectivity index (χ1v) is 11.4. The molecule has 0 aliphatic carbocycles. The zero-order chi connectivity index (χ0) is 21.3. The molecule has 0 aromatic heterocycles. The van der Waals surface area contributed by atoms with E-state index in [2.05, 4.69) is 65.8 Å². The fourth-order valence-corrected chi connectivity index (χ4v) is 4.48. The monoisotopic (exact) mass is 404 g/mol. The second kappa shape index (κ2) is 11.2. The van der Waals surface area contributed by atoms with Crippen molar-refractivity contribution in [3.8, 4) is 17.6 Å². The number of phenolic OH excluding ortho intramolecular Hbond substituents is 1. The van der Waals surface area contributed by atoms with Crippen LogP contribution in [0.2, 0.25) is 0 Å². The van der Waals surface area contributed by atoms with Gasteiger partial charge in [0.1, 0.15) is 5.75 Å². The van der Waals surface area contributed by atoms with Crippen LogP contribution in [0.3, 0.4) is 0 Å². The van der Waals surface area contributed by atoms with Crippen LogP contribution in [0.15, 0.2) is 42.5 Å². The molecule has 0 saturated carbocycles. The third kappa shape index (κ3) is 6.11. The molecule has 0 spiro atoms. The number of hydrogen-bond acceptors (Lipinski definition) is 3. The summed E-state index contributed by atoms with van der Waals surface area (Å²) in [6.45, 7) is 11.7. The Bertz CT molecular complexity index is 854. The summed E-state index contributed by atoms with van der Waals surface area (Å²) in [5.74, 6) is 7.05. The normalized spacial score (nSPS) is 15.2. The Kier molecular flexibility index (Phi) is 8.37. The summed E-state index contributed by atoms with van der Waals surface area (Å²) in [7, 11) is 0. The highest BCUT2D eigenvalue weighted by atomic mass is 16.3. The molecule has 3 nitrogen and oxygen atoms in total. The molecule has 1 N–H and O–H groups in total. The molecule has 1 aliphatic rings. The van der Waals surface area contributed by atoms with Gasteiger partial charge < -0.3 is 10.0 Å². The van der Waals surface area contributed by atoms with Gasteiger partial charge in [-0.25, -0.2) is 0 Å². The largest absolute Gasteiger partial charge is 0.507 e. The van der Waals surface area contributed by atoms with Gasteiger partial charge in [0.05, 0.1) is 0 Å². The minimum Gasteiger partial charge on any atom is -0.507 e. The van der Waals surface area contributed by atoms with E-state index in [1.54, 1.807) is 0 Å². The quantitative estimate of drug-likeness (QED) is 0.659. The van der Waals surface area contributed by atoms with Gasteiger partial charge in [0.15, 0.2) is 0 Å². The SMILES string of the molecule is CCN(CC)C1CCN(Cc2cc(C#CCCc3ccccc3)cc(C)c2O)CC1. The summed E-state index contributed by atoms with van der Waals surface area (Å²) < 4.78 is 0.